The van der Waals surface area contributed by atoms with Crippen LogP contribution < -0.4 is 10.6 Å². The summed E-state index contributed by atoms with van der Waals surface area (Å²) in [6, 6.07) is 1.68. The van der Waals surface area contributed by atoms with Crippen molar-refractivity contribution in [3.8, 4) is 0 Å². The number of hydrogen-bond donors (Lipinski definition) is 2. The van der Waals surface area contributed by atoms with Gasteiger partial charge >= 0.3 is 0 Å². The Bertz CT molecular complexity index is 440. The monoisotopic (exact) mass is 268 g/mol. The van der Waals surface area contributed by atoms with Gasteiger partial charge in [0.2, 0.25) is 5.91 Å². The number of amides is 2. The third-order valence-corrected chi connectivity index (χ3v) is 2.55. The highest BCUT2D eigenvalue weighted by Gasteiger charge is 2.13. The highest BCUT2D eigenvalue weighted by molar-refractivity contribution is 5.95. The Morgan fingerprint density at radius 2 is 2.00 bits per heavy atom. The van der Waals surface area contributed by atoms with E-state index in [9.17, 15) is 9.59 Å². The third-order valence-electron chi connectivity index (χ3n) is 2.55. The van der Waals surface area contributed by atoms with Gasteiger partial charge in [0.05, 0.1) is 12.2 Å². The van der Waals surface area contributed by atoms with E-state index >= 15 is 0 Å². The quantitative estimate of drug-likeness (QED) is 0.716. The summed E-state index contributed by atoms with van der Waals surface area (Å²) in [7, 11) is 1.57. The molecule has 0 aliphatic heterocycles. The van der Waals surface area contributed by atoms with Crippen LogP contribution in [0, 0.1) is 13.8 Å². The Labute approximate surface area is 112 Å². The van der Waals surface area contributed by atoms with Crippen molar-refractivity contribution in [2.24, 2.45) is 0 Å². The summed E-state index contributed by atoms with van der Waals surface area (Å²) in [4.78, 5) is 23.2. The summed E-state index contributed by atoms with van der Waals surface area (Å²) in [5.41, 5.74) is 0.511. The van der Waals surface area contributed by atoms with Gasteiger partial charge < -0.3 is 19.8 Å². The summed E-state index contributed by atoms with van der Waals surface area (Å²) in [5, 5.41) is 5.36. The largest absolute Gasteiger partial charge is 0.466 e. The van der Waals surface area contributed by atoms with Crippen molar-refractivity contribution in [1.29, 1.82) is 0 Å². The number of rotatable bonds is 7. The van der Waals surface area contributed by atoms with Crippen molar-refractivity contribution in [3.63, 3.8) is 0 Å². The lowest BCUT2D eigenvalue weighted by molar-refractivity contribution is -0.121. The summed E-state index contributed by atoms with van der Waals surface area (Å²) in [6.45, 7) is 4.77. The first-order chi connectivity index (χ1) is 9.04. The zero-order valence-electron chi connectivity index (χ0n) is 11.5. The molecule has 19 heavy (non-hydrogen) atoms. The molecule has 0 bridgehead atoms. The first kappa shape index (κ1) is 15.2. The van der Waals surface area contributed by atoms with Gasteiger partial charge in [-0.15, -0.1) is 0 Å². The highest BCUT2D eigenvalue weighted by atomic mass is 16.5. The summed E-state index contributed by atoms with van der Waals surface area (Å²) >= 11 is 0. The molecule has 0 aliphatic carbocycles. The van der Waals surface area contributed by atoms with Crippen molar-refractivity contribution >= 4 is 11.8 Å². The maximum absolute atomic E-state index is 11.8. The van der Waals surface area contributed by atoms with Gasteiger partial charge in [0, 0.05) is 26.6 Å². The molecule has 0 unspecified atom stereocenters. The topological polar surface area (TPSA) is 80.6 Å². The summed E-state index contributed by atoms with van der Waals surface area (Å²) in [5.74, 6) is 0.941. The van der Waals surface area contributed by atoms with Crippen LogP contribution in [0.2, 0.25) is 0 Å². The van der Waals surface area contributed by atoms with Crippen LogP contribution in [-0.4, -0.2) is 38.6 Å². The van der Waals surface area contributed by atoms with Crippen LogP contribution in [0.3, 0.4) is 0 Å². The number of methoxy groups -OCH3 is 1. The molecular formula is C13H20N2O4. The van der Waals surface area contributed by atoms with Gasteiger partial charge in [0.15, 0.2) is 0 Å². The Kier molecular flexibility index (Phi) is 6.08. The van der Waals surface area contributed by atoms with E-state index in [4.69, 9.17) is 9.15 Å². The van der Waals surface area contributed by atoms with E-state index in [0.29, 0.717) is 36.8 Å². The molecule has 1 aromatic rings. The molecule has 2 N–H and O–H groups in total. The maximum atomic E-state index is 11.8. The maximum Gasteiger partial charge on any atom is 0.254 e. The molecule has 0 saturated heterocycles. The molecule has 1 rings (SSSR count). The van der Waals surface area contributed by atoms with Crippen LogP contribution in [0.5, 0.6) is 0 Å². The van der Waals surface area contributed by atoms with Gasteiger partial charge in [-0.05, 0) is 19.9 Å². The molecule has 6 heteroatoms. The van der Waals surface area contributed by atoms with Crippen LogP contribution in [0.25, 0.3) is 0 Å². The molecule has 0 radical (unpaired) electrons. The minimum absolute atomic E-state index is 0.113. The molecule has 0 aromatic carbocycles. The van der Waals surface area contributed by atoms with Crippen molar-refractivity contribution in [2.45, 2.75) is 20.3 Å². The lowest BCUT2D eigenvalue weighted by Crippen LogP contribution is -2.32. The number of carbonyl (C=O) groups is 2. The predicted octanol–water partition coefficient (Wildman–Crippen LogP) is 0.779. The van der Waals surface area contributed by atoms with Gasteiger partial charge in [-0.3, -0.25) is 9.59 Å². The molecular weight excluding hydrogens is 248 g/mol. The van der Waals surface area contributed by atoms with Crippen LogP contribution in [0.1, 0.15) is 28.3 Å². The Balaban J connectivity index is 2.27. The lowest BCUT2D eigenvalue weighted by atomic mass is 10.2. The molecule has 0 spiro atoms. The number of aryl methyl sites for hydroxylation is 2. The second-order valence-electron chi connectivity index (χ2n) is 4.18. The number of furan rings is 1. The third kappa shape index (κ3) is 5.13. The van der Waals surface area contributed by atoms with E-state index in [0.717, 1.165) is 0 Å². The molecule has 0 saturated carbocycles. The van der Waals surface area contributed by atoms with E-state index in [1.54, 1.807) is 27.0 Å². The predicted molar refractivity (Wildman–Crippen MR) is 70.0 cm³/mol. The van der Waals surface area contributed by atoms with Gasteiger partial charge in [-0.1, -0.05) is 0 Å². The zero-order chi connectivity index (χ0) is 14.3. The number of hydrogen-bond acceptors (Lipinski definition) is 4. The average molecular weight is 268 g/mol. The molecule has 0 atom stereocenters. The smallest absolute Gasteiger partial charge is 0.254 e. The highest BCUT2D eigenvalue weighted by Crippen LogP contribution is 2.13. The second kappa shape index (κ2) is 7.58. The Morgan fingerprint density at radius 3 is 2.58 bits per heavy atom. The fourth-order valence-electron chi connectivity index (χ4n) is 1.62. The van der Waals surface area contributed by atoms with Gasteiger partial charge in [-0.25, -0.2) is 0 Å². The Hall–Kier alpha value is -1.82. The zero-order valence-corrected chi connectivity index (χ0v) is 11.5. The van der Waals surface area contributed by atoms with Crippen molar-refractivity contribution in [3.05, 3.63) is 23.2 Å². The number of nitrogens with one attached hydrogen (secondary N) is 2. The molecule has 0 aliphatic rings. The summed E-state index contributed by atoms with van der Waals surface area (Å²) < 4.78 is 10.1. The fraction of sp³-hybridized carbons (Fsp3) is 0.538. The molecule has 1 aromatic heterocycles. The first-order valence-electron chi connectivity index (χ1n) is 6.15. The van der Waals surface area contributed by atoms with Crippen molar-refractivity contribution < 1.29 is 18.7 Å². The van der Waals surface area contributed by atoms with E-state index in [2.05, 4.69) is 10.6 Å². The normalized spacial score (nSPS) is 10.3. The Morgan fingerprint density at radius 1 is 1.26 bits per heavy atom. The SMILES string of the molecule is COCCNC(=O)CCNC(=O)c1cc(C)oc1C. The van der Waals surface area contributed by atoms with E-state index in [1.165, 1.54) is 0 Å². The molecule has 106 valence electrons. The van der Waals surface area contributed by atoms with Crippen molar-refractivity contribution in [2.75, 3.05) is 26.8 Å². The second-order valence-corrected chi connectivity index (χ2v) is 4.18. The molecule has 2 amide bonds. The minimum Gasteiger partial charge on any atom is -0.466 e. The van der Waals surface area contributed by atoms with Crippen molar-refractivity contribution in [1.82, 2.24) is 10.6 Å². The number of ether oxygens (including phenoxy) is 1. The van der Waals surface area contributed by atoms with E-state index in [1.807, 2.05) is 0 Å². The summed E-state index contributed by atoms with van der Waals surface area (Å²) in [6.07, 6.45) is 0.241. The van der Waals surface area contributed by atoms with Crippen LogP contribution in [-0.2, 0) is 9.53 Å². The number of carbonyl (C=O) groups excluding carboxylic acids is 2. The first-order valence-corrected chi connectivity index (χ1v) is 6.15. The van der Waals surface area contributed by atoms with E-state index in [-0.39, 0.29) is 18.2 Å². The van der Waals surface area contributed by atoms with Gasteiger partial charge in [0.1, 0.15) is 11.5 Å². The van der Waals surface area contributed by atoms with Crippen LogP contribution >= 0.6 is 0 Å². The average Bonchev–Trinajstić information content (AvgIpc) is 2.69. The molecule has 1 heterocycles. The lowest BCUT2D eigenvalue weighted by Gasteiger charge is -2.05. The molecule has 0 fully saturated rings. The van der Waals surface area contributed by atoms with Crippen LogP contribution in [0.4, 0.5) is 0 Å². The van der Waals surface area contributed by atoms with Gasteiger partial charge in [0.25, 0.3) is 5.91 Å². The van der Waals surface area contributed by atoms with E-state index < -0.39 is 0 Å². The standard InChI is InChI=1S/C13H20N2O4/c1-9-8-11(10(2)19-9)13(17)15-5-4-12(16)14-6-7-18-3/h8H,4-7H2,1-3H3,(H,14,16)(H,15,17). The minimum atomic E-state index is -0.223. The van der Waals surface area contributed by atoms with Crippen LogP contribution in [0.15, 0.2) is 10.5 Å². The fourth-order valence-corrected chi connectivity index (χ4v) is 1.62. The molecule has 6 nitrogen and oxygen atoms in total. The van der Waals surface area contributed by atoms with Gasteiger partial charge in [-0.2, -0.15) is 0 Å².